The number of nitrogens with zero attached hydrogens (tertiary/aromatic N) is 1. The Kier molecular flexibility index (Phi) is 3.11. The van der Waals surface area contributed by atoms with Gasteiger partial charge in [-0.3, -0.25) is 0 Å². The van der Waals surface area contributed by atoms with E-state index in [1.807, 2.05) is 49.4 Å². The molecule has 0 bridgehead atoms. The van der Waals surface area contributed by atoms with E-state index in [9.17, 15) is 0 Å². The lowest BCUT2D eigenvalue weighted by molar-refractivity contribution is 0.416. The van der Waals surface area contributed by atoms with Crippen molar-refractivity contribution in [1.82, 2.24) is 0 Å². The summed E-state index contributed by atoms with van der Waals surface area (Å²) in [5.74, 6) is 0.799. The highest BCUT2D eigenvalue weighted by Gasteiger charge is 2.09. The van der Waals surface area contributed by atoms with E-state index >= 15 is 0 Å². The summed E-state index contributed by atoms with van der Waals surface area (Å²) in [6.07, 6.45) is 0. The molecule has 0 fully saturated rings. The van der Waals surface area contributed by atoms with Crippen LogP contribution in [0.15, 0.2) is 42.5 Å². The smallest absolute Gasteiger partial charge is 0.126 e. The monoisotopic (exact) mass is 223 g/mol. The van der Waals surface area contributed by atoms with Crippen molar-refractivity contribution in [2.75, 3.05) is 7.11 Å². The van der Waals surface area contributed by atoms with Crippen molar-refractivity contribution in [2.24, 2.45) is 0 Å². The fourth-order valence-electron chi connectivity index (χ4n) is 1.84. The average molecular weight is 223 g/mol. The standard InChI is InChI=1S/C15H13NO/c1-11-7-8-14(15(9-11)17-2)13-6-4-3-5-12(13)10-16/h3-9H,1-2H3. The van der Waals surface area contributed by atoms with E-state index in [2.05, 4.69) is 6.07 Å². The molecule has 17 heavy (non-hydrogen) atoms. The summed E-state index contributed by atoms with van der Waals surface area (Å²) in [4.78, 5) is 0. The lowest BCUT2D eigenvalue weighted by Gasteiger charge is -2.10. The van der Waals surface area contributed by atoms with E-state index in [0.717, 1.165) is 22.4 Å². The number of hydrogen-bond acceptors (Lipinski definition) is 2. The highest BCUT2D eigenvalue weighted by atomic mass is 16.5. The van der Waals surface area contributed by atoms with Gasteiger partial charge in [0.2, 0.25) is 0 Å². The van der Waals surface area contributed by atoms with Gasteiger partial charge in [-0.25, -0.2) is 0 Å². The number of hydrogen-bond donors (Lipinski definition) is 0. The van der Waals surface area contributed by atoms with Crippen LogP contribution >= 0.6 is 0 Å². The highest BCUT2D eigenvalue weighted by molar-refractivity contribution is 5.75. The summed E-state index contributed by atoms with van der Waals surface area (Å²) < 4.78 is 5.37. The fraction of sp³-hybridized carbons (Fsp3) is 0.133. The molecule has 84 valence electrons. The van der Waals surface area contributed by atoms with Crippen molar-refractivity contribution in [2.45, 2.75) is 6.92 Å². The summed E-state index contributed by atoms with van der Waals surface area (Å²) in [6, 6.07) is 15.7. The molecule has 0 radical (unpaired) electrons. The zero-order chi connectivity index (χ0) is 12.3. The number of rotatable bonds is 2. The van der Waals surface area contributed by atoms with E-state index in [1.54, 1.807) is 7.11 Å². The molecule has 2 heteroatoms. The molecule has 2 aromatic carbocycles. The van der Waals surface area contributed by atoms with Gasteiger partial charge in [0.1, 0.15) is 5.75 Å². The summed E-state index contributed by atoms with van der Waals surface area (Å²) in [6.45, 7) is 2.02. The van der Waals surface area contributed by atoms with Gasteiger partial charge in [-0.1, -0.05) is 30.3 Å². The normalized spacial score (nSPS) is 9.71. The van der Waals surface area contributed by atoms with Gasteiger partial charge in [-0.15, -0.1) is 0 Å². The molecule has 2 nitrogen and oxygen atoms in total. The number of benzene rings is 2. The lowest BCUT2D eigenvalue weighted by Crippen LogP contribution is -1.91. The van der Waals surface area contributed by atoms with Gasteiger partial charge in [0.25, 0.3) is 0 Å². The van der Waals surface area contributed by atoms with Gasteiger partial charge in [-0.2, -0.15) is 5.26 Å². The predicted octanol–water partition coefficient (Wildman–Crippen LogP) is 3.54. The van der Waals surface area contributed by atoms with Crippen LogP contribution in [0.2, 0.25) is 0 Å². The number of nitriles is 1. The van der Waals surface area contributed by atoms with Crippen LogP contribution in [0.5, 0.6) is 5.75 Å². The maximum atomic E-state index is 9.11. The first-order valence-corrected chi connectivity index (χ1v) is 5.40. The van der Waals surface area contributed by atoms with Gasteiger partial charge in [0.05, 0.1) is 18.7 Å². The van der Waals surface area contributed by atoms with Gasteiger partial charge in [0, 0.05) is 11.1 Å². The van der Waals surface area contributed by atoms with Gasteiger partial charge < -0.3 is 4.74 Å². The van der Waals surface area contributed by atoms with Crippen LogP contribution in [-0.2, 0) is 0 Å². The molecule has 0 saturated heterocycles. The second kappa shape index (κ2) is 4.71. The number of ether oxygens (including phenoxy) is 1. The predicted molar refractivity (Wildman–Crippen MR) is 67.9 cm³/mol. The first-order valence-electron chi connectivity index (χ1n) is 5.40. The van der Waals surface area contributed by atoms with Crippen molar-refractivity contribution < 1.29 is 4.74 Å². The van der Waals surface area contributed by atoms with Gasteiger partial charge in [-0.05, 0) is 24.6 Å². The van der Waals surface area contributed by atoms with Crippen molar-refractivity contribution in [3.63, 3.8) is 0 Å². The Morgan fingerprint density at radius 1 is 1.06 bits per heavy atom. The van der Waals surface area contributed by atoms with Crippen LogP contribution in [0.25, 0.3) is 11.1 Å². The Labute approximate surface area is 101 Å². The molecular formula is C15H13NO. The Morgan fingerprint density at radius 3 is 2.53 bits per heavy atom. The first kappa shape index (κ1) is 11.2. The van der Waals surface area contributed by atoms with Gasteiger partial charge in [0.15, 0.2) is 0 Å². The molecule has 2 rings (SSSR count). The third-order valence-electron chi connectivity index (χ3n) is 2.69. The zero-order valence-corrected chi connectivity index (χ0v) is 9.90. The van der Waals surface area contributed by atoms with Crippen LogP contribution < -0.4 is 4.74 Å². The van der Waals surface area contributed by atoms with Crippen LogP contribution in [-0.4, -0.2) is 7.11 Å². The maximum Gasteiger partial charge on any atom is 0.126 e. The SMILES string of the molecule is COc1cc(C)ccc1-c1ccccc1C#N. The highest BCUT2D eigenvalue weighted by Crippen LogP contribution is 2.32. The second-order valence-corrected chi connectivity index (χ2v) is 3.86. The number of methoxy groups -OCH3 is 1. The minimum atomic E-state index is 0.662. The molecule has 0 unspecified atom stereocenters. The second-order valence-electron chi connectivity index (χ2n) is 3.86. The summed E-state index contributed by atoms with van der Waals surface area (Å²) in [7, 11) is 1.65. The quantitative estimate of drug-likeness (QED) is 0.780. The van der Waals surface area contributed by atoms with E-state index < -0.39 is 0 Å². The van der Waals surface area contributed by atoms with Crippen LogP contribution in [0.3, 0.4) is 0 Å². The molecule has 0 saturated carbocycles. The molecule has 0 spiro atoms. The third kappa shape index (κ3) is 2.14. The lowest BCUT2D eigenvalue weighted by atomic mass is 9.98. The molecule has 0 aliphatic carbocycles. The molecule has 0 aliphatic heterocycles. The minimum Gasteiger partial charge on any atom is -0.496 e. The molecule has 2 aromatic rings. The van der Waals surface area contributed by atoms with E-state index in [1.165, 1.54) is 0 Å². The third-order valence-corrected chi connectivity index (χ3v) is 2.69. The minimum absolute atomic E-state index is 0.662. The Bertz CT molecular complexity index is 582. The van der Waals surface area contributed by atoms with E-state index in [0.29, 0.717) is 5.56 Å². The van der Waals surface area contributed by atoms with Gasteiger partial charge >= 0.3 is 0 Å². The Morgan fingerprint density at radius 2 is 1.82 bits per heavy atom. The van der Waals surface area contributed by atoms with Crippen LogP contribution in [0, 0.1) is 18.3 Å². The Balaban J connectivity index is 2.65. The summed E-state index contributed by atoms with van der Waals surface area (Å²) >= 11 is 0. The molecule has 0 atom stereocenters. The summed E-state index contributed by atoms with van der Waals surface area (Å²) in [5, 5.41) is 9.11. The molecule has 0 aliphatic rings. The maximum absolute atomic E-state index is 9.11. The molecule has 0 amide bonds. The average Bonchev–Trinajstić information content (AvgIpc) is 2.38. The molecule has 0 N–H and O–H groups in total. The van der Waals surface area contributed by atoms with E-state index in [4.69, 9.17) is 10.00 Å². The van der Waals surface area contributed by atoms with E-state index in [-0.39, 0.29) is 0 Å². The Hall–Kier alpha value is -2.27. The van der Waals surface area contributed by atoms with Crippen molar-refractivity contribution in [3.05, 3.63) is 53.6 Å². The van der Waals surface area contributed by atoms with Crippen LogP contribution in [0.4, 0.5) is 0 Å². The molecule has 0 heterocycles. The largest absolute Gasteiger partial charge is 0.496 e. The topological polar surface area (TPSA) is 33.0 Å². The summed E-state index contributed by atoms with van der Waals surface area (Å²) in [5.41, 5.74) is 3.66. The molecule has 0 aromatic heterocycles. The van der Waals surface area contributed by atoms with Crippen LogP contribution in [0.1, 0.15) is 11.1 Å². The fourth-order valence-corrected chi connectivity index (χ4v) is 1.84. The van der Waals surface area contributed by atoms with Crippen molar-refractivity contribution >= 4 is 0 Å². The first-order chi connectivity index (χ1) is 8.26. The molecular weight excluding hydrogens is 210 g/mol. The van der Waals surface area contributed by atoms with Crippen molar-refractivity contribution in [1.29, 1.82) is 5.26 Å². The van der Waals surface area contributed by atoms with Crippen molar-refractivity contribution in [3.8, 4) is 22.9 Å². The zero-order valence-electron chi connectivity index (χ0n) is 9.90. The number of aryl methyl sites for hydroxylation is 1.